The fourth-order valence-electron chi connectivity index (χ4n) is 1.61. The van der Waals surface area contributed by atoms with Gasteiger partial charge in [0.25, 0.3) is 0 Å². The number of ether oxygens (including phenoxy) is 1. The number of nitrogens with zero attached hydrogens (tertiary/aromatic N) is 4. The highest BCUT2D eigenvalue weighted by Crippen LogP contribution is 2.12. The molecule has 1 rings (SSSR count). The van der Waals surface area contributed by atoms with Gasteiger partial charge in [-0.1, -0.05) is 0 Å². The summed E-state index contributed by atoms with van der Waals surface area (Å²) in [7, 11) is 0. The van der Waals surface area contributed by atoms with Gasteiger partial charge in [-0.3, -0.25) is 0 Å². The van der Waals surface area contributed by atoms with E-state index in [1.54, 1.807) is 4.68 Å². The van der Waals surface area contributed by atoms with Gasteiger partial charge in [-0.15, -0.1) is 5.10 Å². The predicted molar refractivity (Wildman–Crippen MR) is 70.1 cm³/mol. The Morgan fingerprint density at radius 1 is 1.22 bits per heavy atom. The molecule has 1 aromatic rings. The first kappa shape index (κ1) is 15.0. The normalized spacial score (nSPS) is 13.0. The summed E-state index contributed by atoms with van der Waals surface area (Å²) in [5.74, 6) is 0.831. The summed E-state index contributed by atoms with van der Waals surface area (Å²) >= 11 is 0. The van der Waals surface area contributed by atoms with Crippen molar-refractivity contribution in [2.45, 2.75) is 65.8 Å². The van der Waals surface area contributed by atoms with Crippen molar-refractivity contribution in [3.63, 3.8) is 0 Å². The highest BCUT2D eigenvalue weighted by molar-refractivity contribution is 4.85. The Morgan fingerprint density at radius 2 is 1.89 bits per heavy atom. The largest absolute Gasteiger partial charge is 0.374 e. The Balaban J connectivity index is 2.65. The Hall–Kier alpha value is -1.01. The van der Waals surface area contributed by atoms with Gasteiger partial charge in [0, 0.05) is 12.1 Å². The third kappa shape index (κ3) is 5.10. The van der Waals surface area contributed by atoms with Crippen LogP contribution in [0.25, 0.3) is 0 Å². The van der Waals surface area contributed by atoms with Gasteiger partial charge in [0.1, 0.15) is 0 Å². The van der Waals surface area contributed by atoms with Gasteiger partial charge in [-0.2, -0.15) is 0 Å². The number of rotatable bonds is 6. The lowest BCUT2D eigenvalue weighted by atomic mass is 10.1. The number of nitrogens with one attached hydrogen (secondary N) is 1. The maximum Gasteiger partial charge on any atom is 0.165 e. The molecule has 0 saturated heterocycles. The minimum atomic E-state index is -0.263. The van der Waals surface area contributed by atoms with E-state index in [2.05, 4.69) is 41.6 Å². The summed E-state index contributed by atoms with van der Waals surface area (Å²) in [5, 5.41) is 15.2. The summed E-state index contributed by atoms with van der Waals surface area (Å²) in [6, 6.07) is 0. The second-order valence-corrected chi connectivity index (χ2v) is 6.05. The minimum Gasteiger partial charge on any atom is -0.374 e. The predicted octanol–water partition coefficient (Wildman–Crippen LogP) is 1.38. The maximum atomic E-state index is 5.67. The van der Waals surface area contributed by atoms with Crippen LogP contribution in [0.1, 0.15) is 47.4 Å². The van der Waals surface area contributed by atoms with Crippen molar-refractivity contribution < 1.29 is 4.74 Å². The molecular formula is C12H25N5O. The van der Waals surface area contributed by atoms with E-state index in [1.165, 1.54) is 0 Å². The molecule has 0 amide bonds. The quantitative estimate of drug-likeness (QED) is 0.832. The zero-order chi connectivity index (χ0) is 13.8. The zero-order valence-corrected chi connectivity index (χ0v) is 12.3. The highest BCUT2D eigenvalue weighted by atomic mass is 16.5. The monoisotopic (exact) mass is 255 g/mol. The van der Waals surface area contributed by atoms with E-state index in [0.29, 0.717) is 19.7 Å². The zero-order valence-electron chi connectivity index (χ0n) is 12.3. The Morgan fingerprint density at radius 3 is 2.44 bits per heavy atom. The number of hydrogen-bond acceptors (Lipinski definition) is 5. The summed E-state index contributed by atoms with van der Waals surface area (Å²) in [6.07, 6.45) is 0. The molecule has 1 heterocycles. The molecule has 0 aliphatic rings. The molecule has 0 saturated carbocycles. The van der Waals surface area contributed by atoms with E-state index in [4.69, 9.17) is 4.74 Å². The maximum absolute atomic E-state index is 5.67. The van der Waals surface area contributed by atoms with Crippen LogP contribution in [0, 0.1) is 0 Å². The standard InChI is InChI=1S/C12H25N5O/c1-7-18-12(5,6)9-17-10(14-15-16-17)8-13-11(2,3)4/h13H,7-9H2,1-6H3. The van der Waals surface area contributed by atoms with E-state index in [-0.39, 0.29) is 11.1 Å². The van der Waals surface area contributed by atoms with Gasteiger partial charge in [0.15, 0.2) is 5.82 Å². The van der Waals surface area contributed by atoms with Crippen molar-refractivity contribution in [3.05, 3.63) is 5.82 Å². The van der Waals surface area contributed by atoms with Gasteiger partial charge >= 0.3 is 0 Å². The van der Waals surface area contributed by atoms with E-state index in [0.717, 1.165) is 5.82 Å². The molecule has 0 bridgehead atoms. The molecule has 6 nitrogen and oxygen atoms in total. The molecule has 1 N–H and O–H groups in total. The van der Waals surface area contributed by atoms with Crippen molar-refractivity contribution in [1.82, 2.24) is 25.5 Å². The van der Waals surface area contributed by atoms with Crippen molar-refractivity contribution in [2.75, 3.05) is 6.61 Å². The van der Waals surface area contributed by atoms with E-state index in [1.807, 2.05) is 20.8 Å². The molecule has 0 unspecified atom stereocenters. The van der Waals surface area contributed by atoms with E-state index in [9.17, 15) is 0 Å². The number of aromatic nitrogens is 4. The van der Waals surface area contributed by atoms with Crippen LogP contribution in [-0.4, -0.2) is 38.0 Å². The first-order chi connectivity index (χ1) is 8.23. The molecule has 0 aromatic carbocycles. The molecule has 0 aliphatic carbocycles. The van der Waals surface area contributed by atoms with E-state index >= 15 is 0 Å². The smallest absolute Gasteiger partial charge is 0.165 e. The molecule has 1 aromatic heterocycles. The van der Waals surface area contributed by atoms with Crippen LogP contribution in [0.4, 0.5) is 0 Å². The molecule has 0 fully saturated rings. The molecule has 104 valence electrons. The van der Waals surface area contributed by atoms with Crippen LogP contribution in [0.15, 0.2) is 0 Å². The molecule has 18 heavy (non-hydrogen) atoms. The first-order valence-corrected chi connectivity index (χ1v) is 6.37. The van der Waals surface area contributed by atoms with Gasteiger partial charge < -0.3 is 10.1 Å². The average molecular weight is 255 g/mol. The lowest BCUT2D eigenvalue weighted by molar-refractivity contribution is -0.0256. The lowest BCUT2D eigenvalue weighted by Crippen LogP contribution is -2.37. The molecular weight excluding hydrogens is 230 g/mol. The van der Waals surface area contributed by atoms with Crippen LogP contribution in [0.2, 0.25) is 0 Å². The Bertz CT molecular complexity index is 367. The van der Waals surface area contributed by atoms with Crippen LogP contribution < -0.4 is 5.32 Å². The topological polar surface area (TPSA) is 64.9 Å². The molecule has 0 radical (unpaired) electrons. The van der Waals surface area contributed by atoms with Gasteiger partial charge in [-0.25, -0.2) is 4.68 Å². The van der Waals surface area contributed by atoms with Gasteiger partial charge in [0.2, 0.25) is 0 Å². The summed E-state index contributed by atoms with van der Waals surface area (Å²) in [4.78, 5) is 0. The van der Waals surface area contributed by atoms with Crippen LogP contribution in [-0.2, 0) is 17.8 Å². The van der Waals surface area contributed by atoms with Crippen molar-refractivity contribution in [3.8, 4) is 0 Å². The number of hydrogen-bond donors (Lipinski definition) is 1. The SMILES string of the molecule is CCOC(C)(C)Cn1nnnc1CNC(C)(C)C. The van der Waals surface area contributed by atoms with Gasteiger partial charge in [0.05, 0.1) is 18.7 Å². The summed E-state index contributed by atoms with van der Waals surface area (Å²) < 4.78 is 7.47. The van der Waals surface area contributed by atoms with Gasteiger partial charge in [-0.05, 0) is 52.0 Å². The second-order valence-electron chi connectivity index (χ2n) is 6.05. The molecule has 6 heteroatoms. The van der Waals surface area contributed by atoms with Crippen LogP contribution >= 0.6 is 0 Å². The third-order valence-corrected chi connectivity index (χ3v) is 2.45. The van der Waals surface area contributed by atoms with Crippen molar-refractivity contribution in [2.24, 2.45) is 0 Å². The molecule has 0 spiro atoms. The summed E-state index contributed by atoms with van der Waals surface area (Å²) in [6.45, 7) is 14.4. The number of tetrazole rings is 1. The average Bonchev–Trinajstić information content (AvgIpc) is 2.60. The Kier molecular flexibility index (Phi) is 4.81. The third-order valence-electron chi connectivity index (χ3n) is 2.45. The second kappa shape index (κ2) is 5.75. The fourth-order valence-corrected chi connectivity index (χ4v) is 1.61. The summed E-state index contributed by atoms with van der Waals surface area (Å²) in [5.41, 5.74) is -0.215. The minimum absolute atomic E-state index is 0.0478. The molecule has 0 atom stereocenters. The van der Waals surface area contributed by atoms with Crippen LogP contribution in [0.3, 0.4) is 0 Å². The highest BCUT2D eigenvalue weighted by Gasteiger charge is 2.21. The van der Waals surface area contributed by atoms with Crippen LogP contribution in [0.5, 0.6) is 0 Å². The first-order valence-electron chi connectivity index (χ1n) is 6.37. The lowest BCUT2D eigenvalue weighted by Gasteiger charge is -2.25. The molecule has 0 aliphatic heterocycles. The fraction of sp³-hybridized carbons (Fsp3) is 0.917. The van der Waals surface area contributed by atoms with E-state index < -0.39 is 0 Å². The van der Waals surface area contributed by atoms with Crippen molar-refractivity contribution in [1.29, 1.82) is 0 Å². The van der Waals surface area contributed by atoms with Crippen molar-refractivity contribution >= 4 is 0 Å². The Labute approximate surface area is 109 Å².